The zero-order valence-corrected chi connectivity index (χ0v) is 10.6. The van der Waals surface area contributed by atoms with Gasteiger partial charge in [-0.3, -0.25) is 4.18 Å². The Morgan fingerprint density at radius 2 is 1.69 bits per heavy atom. The van der Waals surface area contributed by atoms with Gasteiger partial charge < -0.3 is 0 Å². The van der Waals surface area contributed by atoms with Crippen LogP contribution in [-0.2, 0) is 14.3 Å². The van der Waals surface area contributed by atoms with Gasteiger partial charge in [0.1, 0.15) is 4.90 Å². The molecule has 0 aliphatic rings. The standard InChI is InChI=1S/C11H8BrO3S/c1-15-16(13,14)11-7-9-5-3-2-4-8(9)6-10(11)12/h2-7H,1H2. The molecule has 0 aliphatic carbocycles. The molecule has 0 saturated heterocycles. The van der Waals surface area contributed by atoms with Gasteiger partial charge in [-0.15, -0.1) is 0 Å². The fourth-order valence-corrected chi connectivity index (χ4v) is 3.10. The third-order valence-electron chi connectivity index (χ3n) is 2.22. The van der Waals surface area contributed by atoms with E-state index in [-0.39, 0.29) is 4.90 Å². The summed E-state index contributed by atoms with van der Waals surface area (Å²) in [7, 11) is -0.832. The van der Waals surface area contributed by atoms with E-state index in [1.807, 2.05) is 24.3 Å². The molecule has 3 nitrogen and oxygen atoms in total. The highest BCUT2D eigenvalue weighted by atomic mass is 79.9. The molecule has 0 atom stereocenters. The summed E-state index contributed by atoms with van der Waals surface area (Å²) < 4.78 is 27.8. The van der Waals surface area contributed by atoms with Crippen LogP contribution in [0.4, 0.5) is 0 Å². The zero-order chi connectivity index (χ0) is 11.8. The number of hydrogen-bond acceptors (Lipinski definition) is 3. The van der Waals surface area contributed by atoms with E-state index >= 15 is 0 Å². The van der Waals surface area contributed by atoms with E-state index in [4.69, 9.17) is 0 Å². The third-order valence-corrected chi connectivity index (χ3v) is 4.33. The number of halogens is 1. The van der Waals surface area contributed by atoms with Crippen LogP contribution in [0.2, 0.25) is 0 Å². The van der Waals surface area contributed by atoms with Gasteiger partial charge >= 0.3 is 0 Å². The maximum atomic E-state index is 11.6. The Balaban J connectivity index is 2.78. The van der Waals surface area contributed by atoms with Crippen molar-refractivity contribution in [2.75, 3.05) is 0 Å². The summed E-state index contributed by atoms with van der Waals surface area (Å²) in [5, 5.41) is 1.79. The van der Waals surface area contributed by atoms with Crippen LogP contribution in [0.5, 0.6) is 0 Å². The molecule has 0 spiro atoms. The van der Waals surface area contributed by atoms with Gasteiger partial charge in [-0.05, 0) is 38.8 Å². The summed E-state index contributed by atoms with van der Waals surface area (Å²) in [4.78, 5) is 0.0844. The molecule has 2 aromatic carbocycles. The molecule has 0 N–H and O–H groups in total. The normalized spacial score (nSPS) is 11.9. The van der Waals surface area contributed by atoms with E-state index < -0.39 is 10.1 Å². The van der Waals surface area contributed by atoms with Crippen molar-refractivity contribution in [3.8, 4) is 0 Å². The van der Waals surface area contributed by atoms with E-state index in [0.29, 0.717) is 4.47 Å². The molecule has 0 saturated carbocycles. The first-order chi connectivity index (χ1) is 7.54. The first kappa shape index (κ1) is 11.6. The number of benzene rings is 2. The van der Waals surface area contributed by atoms with Gasteiger partial charge in [-0.2, -0.15) is 8.42 Å². The predicted molar refractivity (Wildman–Crippen MR) is 65.3 cm³/mol. The Kier molecular flexibility index (Phi) is 3.01. The number of fused-ring (bicyclic) bond motifs is 1. The van der Waals surface area contributed by atoms with Crippen molar-refractivity contribution >= 4 is 36.8 Å². The summed E-state index contributed by atoms with van der Waals surface area (Å²) in [6.07, 6.45) is 0. The second-order valence-corrected chi connectivity index (χ2v) is 5.64. The fourth-order valence-electron chi connectivity index (χ4n) is 1.45. The minimum Gasteiger partial charge on any atom is -0.264 e. The SMILES string of the molecule is [CH2]OS(=O)(=O)c1cc2ccccc2cc1Br. The Morgan fingerprint density at radius 1 is 1.12 bits per heavy atom. The molecule has 83 valence electrons. The molecule has 0 heterocycles. The maximum absolute atomic E-state index is 11.6. The first-order valence-corrected chi connectivity index (χ1v) is 6.62. The van der Waals surface area contributed by atoms with Gasteiger partial charge in [0, 0.05) is 4.47 Å². The molecular formula is C11H8BrO3S. The molecule has 2 aromatic rings. The Bertz CT molecular complexity index is 635. The molecule has 0 aliphatic heterocycles. The van der Waals surface area contributed by atoms with Crippen molar-refractivity contribution in [2.24, 2.45) is 0 Å². The highest BCUT2D eigenvalue weighted by Gasteiger charge is 2.17. The first-order valence-electron chi connectivity index (χ1n) is 4.41. The molecule has 0 fully saturated rings. The largest absolute Gasteiger partial charge is 0.298 e. The molecule has 16 heavy (non-hydrogen) atoms. The summed E-state index contributed by atoms with van der Waals surface area (Å²) in [5.41, 5.74) is 0. The van der Waals surface area contributed by atoms with Crippen LogP contribution in [0.1, 0.15) is 0 Å². The van der Waals surface area contributed by atoms with Crippen LogP contribution in [0.3, 0.4) is 0 Å². The predicted octanol–water partition coefficient (Wildman–Crippen LogP) is 3.10. The van der Waals surface area contributed by atoms with E-state index in [0.717, 1.165) is 10.8 Å². The molecule has 5 heteroatoms. The quantitative estimate of drug-likeness (QED) is 0.800. The van der Waals surface area contributed by atoms with Gasteiger partial charge in [-0.1, -0.05) is 24.3 Å². The molecule has 0 amide bonds. The van der Waals surface area contributed by atoms with Gasteiger partial charge in [0.2, 0.25) is 0 Å². The topological polar surface area (TPSA) is 43.4 Å². The highest BCUT2D eigenvalue weighted by molar-refractivity contribution is 9.10. The molecule has 2 rings (SSSR count). The second-order valence-electron chi connectivity index (χ2n) is 3.20. The molecular weight excluding hydrogens is 292 g/mol. The second kappa shape index (κ2) is 4.16. The minimum atomic E-state index is -3.78. The van der Waals surface area contributed by atoms with Crippen LogP contribution in [0, 0.1) is 7.11 Å². The van der Waals surface area contributed by atoms with Crippen molar-refractivity contribution in [3.05, 3.63) is 48.0 Å². The van der Waals surface area contributed by atoms with Crippen molar-refractivity contribution in [1.82, 2.24) is 0 Å². The van der Waals surface area contributed by atoms with Crippen LogP contribution < -0.4 is 0 Å². The van der Waals surface area contributed by atoms with Gasteiger partial charge in [0.25, 0.3) is 10.1 Å². The lowest BCUT2D eigenvalue weighted by Crippen LogP contribution is -2.02. The molecule has 1 radical (unpaired) electrons. The van der Waals surface area contributed by atoms with Gasteiger partial charge in [0.15, 0.2) is 0 Å². The van der Waals surface area contributed by atoms with E-state index in [9.17, 15) is 8.42 Å². The Labute approximate surface area is 102 Å². The van der Waals surface area contributed by atoms with Crippen molar-refractivity contribution < 1.29 is 12.6 Å². The number of hydrogen-bond donors (Lipinski definition) is 0. The van der Waals surface area contributed by atoms with Crippen LogP contribution in [0.15, 0.2) is 45.8 Å². The van der Waals surface area contributed by atoms with E-state index in [1.165, 1.54) is 0 Å². The molecule has 0 unspecified atom stereocenters. The summed E-state index contributed by atoms with van der Waals surface area (Å²) in [6.45, 7) is 0. The summed E-state index contributed by atoms with van der Waals surface area (Å²) in [6, 6.07) is 10.8. The lowest BCUT2D eigenvalue weighted by Gasteiger charge is -2.06. The van der Waals surface area contributed by atoms with E-state index in [1.54, 1.807) is 12.1 Å². The Morgan fingerprint density at radius 3 is 2.25 bits per heavy atom. The van der Waals surface area contributed by atoms with Crippen LogP contribution in [-0.4, -0.2) is 8.42 Å². The minimum absolute atomic E-state index is 0.0844. The van der Waals surface area contributed by atoms with Crippen LogP contribution >= 0.6 is 15.9 Å². The summed E-state index contributed by atoms with van der Waals surface area (Å²) >= 11 is 3.21. The average Bonchev–Trinajstić information content (AvgIpc) is 2.28. The average molecular weight is 300 g/mol. The zero-order valence-electron chi connectivity index (χ0n) is 8.18. The lowest BCUT2D eigenvalue weighted by atomic mass is 10.1. The van der Waals surface area contributed by atoms with Crippen molar-refractivity contribution in [1.29, 1.82) is 0 Å². The highest BCUT2D eigenvalue weighted by Crippen LogP contribution is 2.28. The lowest BCUT2D eigenvalue weighted by molar-refractivity contribution is 0.437. The van der Waals surface area contributed by atoms with Gasteiger partial charge in [0.05, 0.1) is 7.11 Å². The van der Waals surface area contributed by atoms with Crippen molar-refractivity contribution in [3.63, 3.8) is 0 Å². The smallest absolute Gasteiger partial charge is 0.264 e. The van der Waals surface area contributed by atoms with Gasteiger partial charge in [-0.25, -0.2) is 0 Å². The summed E-state index contributed by atoms with van der Waals surface area (Å²) in [5.74, 6) is 0. The molecule has 0 bridgehead atoms. The molecule has 0 aromatic heterocycles. The fraction of sp³-hybridized carbons (Fsp3) is 0. The monoisotopic (exact) mass is 299 g/mol. The maximum Gasteiger partial charge on any atom is 0.298 e. The number of rotatable bonds is 2. The van der Waals surface area contributed by atoms with Crippen molar-refractivity contribution in [2.45, 2.75) is 4.90 Å². The van der Waals surface area contributed by atoms with E-state index in [2.05, 4.69) is 27.2 Å². The third kappa shape index (κ3) is 1.98. The van der Waals surface area contributed by atoms with Crippen LogP contribution in [0.25, 0.3) is 10.8 Å². The Hall–Kier alpha value is -0.910.